The zero-order chi connectivity index (χ0) is 13.8. The van der Waals surface area contributed by atoms with Gasteiger partial charge in [-0.3, -0.25) is 0 Å². The second-order valence-electron chi connectivity index (χ2n) is 4.25. The molecule has 1 nitrogen and oxygen atoms in total. The largest absolute Gasteiger partial charge is 0.307 e. The van der Waals surface area contributed by atoms with Gasteiger partial charge < -0.3 is 5.32 Å². The van der Waals surface area contributed by atoms with Crippen LogP contribution in [0, 0.1) is 5.82 Å². The van der Waals surface area contributed by atoms with Gasteiger partial charge in [-0.25, -0.2) is 4.39 Å². The first-order chi connectivity index (χ1) is 9.10. The average molecular weight is 343 g/mol. The molecular formula is C15H14BrClFN. The minimum atomic E-state index is -0.235. The minimum Gasteiger partial charge on any atom is -0.307 e. The SMILES string of the molecule is CCNC(c1cccc(F)c1)c1cc(Cl)cc(Br)c1. The Bertz CT molecular complexity index is 554. The van der Waals surface area contributed by atoms with Crippen LogP contribution < -0.4 is 5.32 Å². The smallest absolute Gasteiger partial charge is 0.123 e. The minimum absolute atomic E-state index is 0.0734. The van der Waals surface area contributed by atoms with Gasteiger partial charge in [0.25, 0.3) is 0 Å². The summed E-state index contributed by atoms with van der Waals surface area (Å²) in [5.74, 6) is -0.235. The Morgan fingerprint density at radius 2 is 2.00 bits per heavy atom. The predicted octanol–water partition coefficient (Wildman–Crippen LogP) is 4.94. The summed E-state index contributed by atoms with van der Waals surface area (Å²) in [5, 5.41) is 4.01. The van der Waals surface area contributed by atoms with Crippen molar-refractivity contribution in [2.75, 3.05) is 6.54 Å². The first kappa shape index (κ1) is 14.5. The number of benzene rings is 2. The van der Waals surface area contributed by atoms with Gasteiger partial charge in [-0.2, -0.15) is 0 Å². The maximum atomic E-state index is 13.4. The molecule has 0 spiro atoms. The van der Waals surface area contributed by atoms with E-state index in [0.717, 1.165) is 22.1 Å². The molecule has 0 radical (unpaired) electrons. The maximum absolute atomic E-state index is 13.4. The van der Waals surface area contributed by atoms with Crippen molar-refractivity contribution in [3.05, 3.63) is 68.9 Å². The van der Waals surface area contributed by atoms with Gasteiger partial charge >= 0.3 is 0 Å². The highest BCUT2D eigenvalue weighted by Crippen LogP contribution is 2.28. The van der Waals surface area contributed by atoms with Crippen molar-refractivity contribution >= 4 is 27.5 Å². The zero-order valence-corrected chi connectivity index (χ0v) is 12.8. The Morgan fingerprint density at radius 1 is 1.21 bits per heavy atom. The lowest BCUT2D eigenvalue weighted by Crippen LogP contribution is -2.22. The quantitative estimate of drug-likeness (QED) is 0.830. The number of hydrogen-bond donors (Lipinski definition) is 1. The number of rotatable bonds is 4. The first-order valence-electron chi connectivity index (χ1n) is 6.05. The van der Waals surface area contributed by atoms with Gasteiger partial charge in [-0.1, -0.05) is 46.6 Å². The van der Waals surface area contributed by atoms with Crippen molar-refractivity contribution in [1.82, 2.24) is 5.32 Å². The van der Waals surface area contributed by atoms with Crippen LogP contribution in [-0.4, -0.2) is 6.54 Å². The third-order valence-electron chi connectivity index (χ3n) is 2.81. The fraction of sp³-hybridized carbons (Fsp3) is 0.200. The summed E-state index contributed by atoms with van der Waals surface area (Å²) in [7, 11) is 0. The molecule has 2 aromatic rings. The van der Waals surface area contributed by atoms with Crippen LogP contribution in [0.4, 0.5) is 4.39 Å². The van der Waals surface area contributed by atoms with E-state index in [2.05, 4.69) is 21.2 Å². The number of halogens is 3. The molecule has 100 valence electrons. The van der Waals surface area contributed by atoms with Gasteiger partial charge in [0.1, 0.15) is 5.82 Å². The summed E-state index contributed by atoms with van der Waals surface area (Å²) < 4.78 is 14.3. The molecule has 4 heteroatoms. The van der Waals surface area contributed by atoms with Crippen LogP contribution in [0.25, 0.3) is 0 Å². The van der Waals surface area contributed by atoms with Crippen LogP contribution in [0.15, 0.2) is 46.9 Å². The molecule has 0 amide bonds. The molecule has 0 heterocycles. The van der Waals surface area contributed by atoms with Crippen LogP contribution in [0.1, 0.15) is 24.1 Å². The zero-order valence-electron chi connectivity index (χ0n) is 10.5. The molecule has 0 saturated heterocycles. The Labute approximate surface area is 125 Å². The number of hydrogen-bond acceptors (Lipinski definition) is 1. The van der Waals surface area contributed by atoms with Crippen LogP contribution in [-0.2, 0) is 0 Å². The Kier molecular flexibility index (Phi) is 4.97. The summed E-state index contributed by atoms with van der Waals surface area (Å²) in [6.45, 7) is 2.80. The highest BCUT2D eigenvalue weighted by atomic mass is 79.9. The van der Waals surface area contributed by atoms with Gasteiger partial charge in [0, 0.05) is 9.50 Å². The third-order valence-corrected chi connectivity index (χ3v) is 3.48. The molecule has 19 heavy (non-hydrogen) atoms. The molecule has 2 aromatic carbocycles. The molecule has 2 rings (SSSR count). The summed E-state index contributed by atoms with van der Waals surface area (Å²) in [6.07, 6.45) is 0. The standard InChI is InChI=1S/C15H14BrClFN/c1-2-19-15(10-4-3-5-14(18)8-10)11-6-12(16)9-13(17)7-11/h3-9,15,19H,2H2,1H3. The first-order valence-corrected chi connectivity index (χ1v) is 7.22. The van der Waals surface area contributed by atoms with E-state index in [1.807, 2.05) is 31.2 Å². The summed E-state index contributed by atoms with van der Waals surface area (Å²) >= 11 is 9.51. The van der Waals surface area contributed by atoms with Crippen molar-refractivity contribution in [1.29, 1.82) is 0 Å². The molecule has 1 atom stereocenters. The van der Waals surface area contributed by atoms with E-state index in [1.165, 1.54) is 6.07 Å². The van der Waals surface area contributed by atoms with Crippen LogP contribution >= 0.6 is 27.5 Å². The van der Waals surface area contributed by atoms with Gasteiger partial charge in [0.2, 0.25) is 0 Å². The Balaban J connectivity index is 2.44. The topological polar surface area (TPSA) is 12.0 Å². The summed E-state index contributed by atoms with van der Waals surface area (Å²) in [6, 6.07) is 12.3. The lowest BCUT2D eigenvalue weighted by atomic mass is 9.98. The molecular weight excluding hydrogens is 329 g/mol. The van der Waals surface area contributed by atoms with Crippen molar-refractivity contribution in [2.45, 2.75) is 13.0 Å². The van der Waals surface area contributed by atoms with E-state index in [9.17, 15) is 4.39 Å². The molecule has 0 aliphatic carbocycles. The van der Waals surface area contributed by atoms with Crippen molar-refractivity contribution < 1.29 is 4.39 Å². The average Bonchev–Trinajstić information content (AvgIpc) is 2.34. The molecule has 0 aromatic heterocycles. The Morgan fingerprint density at radius 3 is 2.63 bits per heavy atom. The molecule has 0 fully saturated rings. The second-order valence-corrected chi connectivity index (χ2v) is 5.60. The normalized spacial score (nSPS) is 12.4. The predicted molar refractivity (Wildman–Crippen MR) is 81.1 cm³/mol. The molecule has 0 bridgehead atoms. The maximum Gasteiger partial charge on any atom is 0.123 e. The highest BCUT2D eigenvalue weighted by Gasteiger charge is 2.14. The monoisotopic (exact) mass is 341 g/mol. The Hall–Kier alpha value is -0.900. The fourth-order valence-corrected chi connectivity index (χ4v) is 2.95. The second kappa shape index (κ2) is 6.51. The molecule has 0 saturated carbocycles. The molecule has 1 unspecified atom stereocenters. The van der Waals surface area contributed by atoms with Gasteiger partial charge in [0.15, 0.2) is 0 Å². The third kappa shape index (κ3) is 3.78. The van der Waals surface area contributed by atoms with Crippen LogP contribution in [0.3, 0.4) is 0 Å². The summed E-state index contributed by atoms with van der Waals surface area (Å²) in [4.78, 5) is 0. The highest BCUT2D eigenvalue weighted by molar-refractivity contribution is 9.10. The van der Waals surface area contributed by atoms with Gasteiger partial charge in [-0.15, -0.1) is 0 Å². The molecule has 1 N–H and O–H groups in total. The molecule has 0 aliphatic rings. The van der Waals surface area contributed by atoms with Crippen molar-refractivity contribution in [3.63, 3.8) is 0 Å². The van der Waals surface area contributed by atoms with E-state index >= 15 is 0 Å². The van der Waals surface area contributed by atoms with E-state index in [1.54, 1.807) is 12.1 Å². The van der Waals surface area contributed by atoms with E-state index in [0.29, 0.717) is 5.02 Å². The van der Waals surface area contributed by atoms with Crippen molar-refractivity contribution in [2.24, 2.45) is 0 Å². The van der Waals surface area contributed by atoms with Crippen molar-refractivity contribution in [3.8, 4) is 0 Å². The van der Waals surface area contributed by atoms with E-state index in [4.69, 9.17) is 11.6 Å². The molecule has 0 aliphatic heterocycles. The van der Waals surface area contributed by atoms with E-state index in [-0.39, 0.29) is 11.9 Å². The summed E-state index contributed by atoms with van der Waals surface area (Å²) in [5.41, 5.74) is 1.89. The van der Waals surface area contributed by atoms with Crippen LogP contribution in [0.2, 0.25) is 5.02 Å². The van der Waals surface area contributed by atoms with E-state index < -0.39 is 0 Å². The van der Waals surface area contributed by atoms with Gasteiger partial charge in [-0.05, 0) is 48.0 Å². The lowest BCUT2D eigenvalue weighted by Gasteiger charge is -2.19. The van der Waals surface area contributed by atoms with Gasteiger partial charge in [0.05, 0.1) is 6.04 Å². The lowest BCUT2D eigenvalue weighted by molar-refractivity contribution is 0.603. The number of nitrogens with one attached hydrogen (secondary N) is 1. The van der Waals surface area contributed by atoms with Crippen LogP contribution in [0.5, 0.6) is 0 Å². The fourth-order valence-electron chi connectivity index (χ4n) is 2.06.